The largest absolute Gasteiger partial charge is 0.479 e. The van der Waals surface area contributed by atoms with Crippen molar-refractivity contribution in [2.45, 2.75) is 52.1 Å². The van der Waals surface area contributed by atoms with E-state index in [0.717, 1.165) is 13.1 Å². The van der Waals surface area contributed by atoms with Crippen LogP contribution in [0.4, 0.5) is 0 Å². The highest BCUT2D eigenvalue weighted by Crippen LogP contribution is 2.39. The Kier molecular flexibility index (Phi) is 4.55. The molecular formula is C13H25NO3. The molecule has 1 rings (SSSR count). The first kappa shape index (κ1) is 14.5. The van der Waals surface area contributed by atoms with Crippen LogP contribution in [-0.2, 0) is 4.79 Å². The molecule has 1 aliphatic heterocycles. The maximum atomic E-state index is 10.8. The standard InChI is InChI=1S/C13H25NO3/c1-4-6-13(7-5-2)9-14(10-13)8-12(3,17)11(15)16/h17H,4-10H2,1-3H3,(H,15,16). The van der Waals surface area contributed by atoms with Crippen LogP contribution in [0.15, 0.2) is 0 Å². The van der Waals surface area contributed by atoms with Gasteiger partial charge >= 0.3 is 5.97 Å². The average Bonchev–Trinajstić information content (AvgIpc) is 2.15. The van der Waals surface area contributed by atoms with E-state index in [1.165, 1.54) is 32.6 Å². The molecule has 0 saturated carbocycles. The van der Waals surface area contributed by atoms with Gasteiger partial charge in [-0.05, 0) is 25.2 Å². The van der Waals surface area contributed by atoms with Crippen LogP contribution < -0.4 is 0 Å². The number of hydrogen-bond acceptors (Lipinski definition) is 3. The highest BCUT2D eigenvalue weighted by atomic mass is 16.4. The zero-order valence-corrected chi connectivity index (χ0v) is 11.2. The van der Waals surface area contributed by atoms with E-state index in [1.54, 1.807) is 0 Å². The molecule has 0 radical (unpaired) electrons. The van der Waals surface area contributed by atoms with E-state index in [9.17, 15) is 9.90 Å². The molecule has 0 aromatic carbocycles. The molecule has 2 N–H and O–H groups in total. The second kappa shape index (κ2) is 5.36. The van der Waals surface area contributed by atoms with Gasteiger partial charge in [0, 0.05) is 19.6 Å². The highest BCUT2D eigenvalue weighted by molar-refractivity contribution is 5.76. The van der Waals surface area contributed by atoms with Crippen LogP contribution in [-0.4, -0.2) is 46.3 Å². The fraction of sp³-hybridized carbons (Fsp3) is 0.923. The Hall–Kier alpha value is -0.610. The van der Waals surface area contributed by atoms with Crippen LogP contribution in [0.2, 0.25) is 0 Å². The molecule has 17 heavy (non-hydrogen) atoms. The number of nitrogens with zero attached hydrogens (tertiary/aromatic N) is 1. The molecule has 4 nitrogen and oxygen atoms in total. The molecule has 1 heterocycles. The smallest absolute Gasteiger partial charge is 0.336 e. The van der Waals surface area contributed by atoms with Gasteiger partial charge in [-0.1, -0.05) is 26.7 Å². The van der Waals surface area contributed by atoms with E-state index in [1.807, 2.05) is 0 Å². The zero-order valence-electron chi connectivity index (χ0n) is 11.2. The summed E-state index contributed by atoms with van der Waals surface area (Å²) in [5.41, 5.74) is -1.25. The van der Waals surface area contributed by atoms with Crippen LogP contribution in [0, 0.1) is 5.41 Å². The van der Waals surface area contributed by atoms with Gasteiger partial charge in [-0.2, -0.15) is 0 Å². The molecule has 1 saturated heterocycles. The Labute approximate surface area is 104 Å². The number of likely N-dealkylation sites (tertiary alicyclic amines) is 1. The number of β-amino-alcohol motifs (C(OH)–C–C–N with tert-alkyl or cyclic N) is 1. The quantitative estimate of drug-likeness (QED) is 0.715. The van der Waals surface area contributed by atoms with E-state index in [2.05, 4.69) is 18.7 Å². The van der Waals surface area contributed by atoms with Crippen LogP contribution >= 0.6 is 0 Å². The first-order chi connectivity index (χ1) is 7.85. The Morgan fingerprint density at radius 1 is 1.29 bits per heavy atom. The molecule has 1 unspecified atom stereocenters. The lowest BCUT2D eigenvalue weighted by Crippen LogP contribution is -2.61. The Bertz CT molecular complexity index is 262. The number of aliphatic carboxylic acids is 1. The van der Waals surface area contributed by atoms with Crippen molar-refractivity contribution in [1.29, 1.82) is 0 Å². The molecular weight excluding hydrogens is 218 g/mol. The third kappa shape index (κ3) is 3.42. The lowest BCUT2D eigenvalue weighted by molar-refractivity contribution is -0.162. The molecule has 1 atom stereocenters. The van der Waals surface area contributed by atoms with E-state index in [0.29, 0.717) is 5.41 Å². The van der Waals surface area contributed by atoms with E-state index >= 15 is 0 Å². The molecule has 1 fully saturated rings. The molecule has 0 amide bonds. The topological polar surface area (TPSA) is 60.8 Å². The lowest BCUT2D eigenvalue weighted by atomic mass is 9.72. The van der Waals surface area contributed by atoms with Crippen molar-refractivity contribution in [3.8, 4) is 0 Å². The lowest BCUT2D eigenvalue weighted by Gasteiger charge is -2.52. The second-order valence-corrected chi connectivity index (χ2v) is 5.72. The van der Waals surface area contributed by atoms with Gasteiger partial charge < -0.3 is 10.2 Å². The Balaban J connectivity index is 2.46. The second-order valence-electron chi connectivity index (χ2n) is 5.72. The van der Waals surface area contributed by atoms with Crippen molar-refractivity contribution in [1.82, 2.24) is 4.90 Å². The summed E-state index contributed by atoms with van der Waals surface area (Å²) in [6.45, 7) is 7.84. The molecule has 0 aromatic heterocycles. The van der Waals surface area contributed by atoms with Gasteiger partial charge in [-0.3, -0.25) is 4.90 Å². The minimum absolute atomic E-state index is 0.234. The summed E-state index contributed by atoms with van der Waals surface area (Å²) in [7, 11) is 0. The van der Waals surface area contributed by atoms with Crippen LogP contribution in [0.1, 0.15) is 46.5 Å². The molecule has 1 aliphatic rings. The van der Waals surface area contributed by atoms with Crippen molar-refractivity contribution in [2.24, 2.45) is 5.41 Å². The summed E-state index contributed by atoms with van der Waals surface area (Å²) in [4.78, 5) is 12.9. The van der Waals surface area contributed by atoms with E-state index < -0.39 is 11.6 Å². The first-order valence-corrected chi connectivity index (χ1v) is 6.53. The van der Waals surface area contributed by atoms with Crippen molar-refractivity contribution >= 4 is 5.97 Å². The summed E-state index contributed by atoms with van der Waals surface area (Å²) in [6.07, 6.45) is 4.74. The number of carboxylic acids is 1. The fourth-order valence-corrected chi connectivity index (χ4v) is 3.02. The predicted octanol–water partition coefficient (Wildman–Crippen LogP) is 1.72. The van der Waals surface area contributed by atoms with Gasteiger partial charge in [0.05, 0.1) is 0 Å². The number of carbonyl (C=O) groups is 1. The molecule has 4 heteroatoms. The van der Waals surface area contributed by atoms with E-state index in [-0.39, 0.29) is 6.54 Å². The van der Waals surface area contributed by atoms with Crippen molar-refractivity contribution < 1.29 is 15.0 Å². The van der Waals surface area contributed by atoms with Gasteiger partial charge in [-0.25, -0.2) is 4.79 Å². The van der Waals surface area contributed by atoms with Gasteiger partial charge in [0.1, 0.15) is 0 Å². The summed E-state index contributed by atoms with van der Waals surface area (Å²) in [5, 5.41) is 18.6. The SMILES string of the molecule is CCCC1(CCC)CN(CC(C)(O)C(=O)O)C1. The van der Waals surface area contributed by atoms with Crippen molar-refractivity contribution in [3.05, 3.63) is 0 Å². The van der Waals surface area contributed by atoms with Gasteiger partial charge in [0.15, 0.2) is 5.60 Å². The molecule has 0 spiro atoms. The Morgan fingerprint density at radius 3 is 2.12 bits per heavy atom. The third-order valence-electron chi connectivity index (χ3n) is 3.67. The van der Waals surface area contributed by atoms with Crippen LogP contribution in [0.5, 0.6) is 0 Å². The number of carboxylic acid groups (broad SMARTS) is 1. The fourth-order valence-electron chi connectivity index (χ4n) is 3.02. The maximum absolute atomic E-state index is 10.8. The maximum Gasteiger partial charge on any atom is 0.336 e. The van der Waals surface area contributed by atoms with Gasteiger partial charge in [0.2, 0.25) is 0 Å². The van der Waals surface area contributed by atoms with Crippen LogP contribution in [0.25, 0.3) is 0 Å². The number of aliphatic hydroxyl groups is 1. The minimum atomic E-state index is -1.62. The summed E-state index contributed by atoms with van der Waals surface area (Å²) >= 11 is 0. The molecule has 0 aromatic rings. The van der Waals surface area contributed by atoms with E-state index in [4.69, 9.17) is 5.11 Å². The summed E-state index contributed by atoms with van der Waals surface area (Å²) in [6, 6.07) is 0. The predicted molar refractivity (Wildman–Crippen MR) is 66.9 cm³/mol. The molecule has 0 bridgehead atoms. The van der Waals surface area contributed by atoms with Crippen LogP contribution in [0.3, 0.4) is 0 Å². The molecule has 0 aliphatic carbocycles. The highest BCUT2D eigenvalue weighted by Gasteiger charge is 2.44. The zero-order chi connectivity index (χ0) is 13.1. The normalized spacial score (nSPS) is 22.8. The first-order valence-electron chi connectivity index (χ1n) is 6.53. The third-order valence-corrected chi connectivity index (χ3v) is 3.67. The monoisotopic (exact) mass is 243 g/mol. The molecule has 100 valence electrons. The summed E-state index contributed by atoms with van der Waals surface area (Å²) < 4.78 is 0. The minimum Gasteiger partial charge on any atom is -0.479 e. The Morgan fingerprint density at radius 2 is 1.76 bits per heavy atom. The number of hydrogen-bond donors (Lipinski definition) is 2. The number of rotatable bonds is 7. The van der Waals surface area contributed by atoms with Crippen molar-refractivity contribution in [2.75, 3.05) is 19.6 Å². The van der Waals surface area contributed by atoms with Gasteiger partial charge in [-0.15, -0.1) is 0 Å². The van der Waals surface area contributed by atoms with Crippen molar-refractivity contribution in [3.63, 3.8) is 0 Å². The average molecular weight is 243 g/mol. The summed E-state index contributed by atoms with van der Waals surface area (Å²) in [5.74, 6) is -1.14. The van der Waals surface area contributed by atoms with Gasteiger partial charge in [0.25, 0.3) is 0 Å².